The first-order chi connectivity index (χ1) is 6.80. The van der Waals surface area contributed by atoms with E-state index in [0.29, 0.717) is 11.3 Å². The lowest BCUT2D eigenvalue weighted by Gasteiger charge is -2.15. The highest BCUT2D eigenvalue weighted by Gasteiger charge is 2.36. The molecule has 0 aliphatic carbocycles. The summed E-state index contributed by atoms with van der Waals surface area (Å²) in [4.78, 5) is 3.85. The van der Waals surface area contributed by atoms with Crippen LogP contribution in [0.3, 0.4) is 0 Å². The number of halogens is 4. The van der Waals surface area contributed by atoms with Crippen LogP contribution in [0.5, 0.6) is 0 Å². The number of aryl methyl sites for hydroxylation is 1. The Labute approximate surface area is 90.3 Å². The van der Waals surface area contributed by atoms with E-state index in [0.717, 1.165) is 0 Å². The summed E-state index contributed by atoms with van der Waals surface area (Å²) in [6.45, 7) is 1.71. The fourth-order valence-electron chi connectivity index (χ4n) is 1.06. The van der Waals surface area contributed by atoms with Gasteiger partial charge in [0.25, 0.3) is 0 Å². The number of hydrogen-bond donors (Lipinski definition) is 1. The molecule has 1 atom stereocenters. The molecule has 0 spiro atoms. The number of nitrogens with two attached hydrogens (primary N) is 1. The predicted octanol–water partition coefficient (Wildman–Crippen LogP) is 2.48. The molecule has 0 fully saturated rings. The van der Waals surface area contributed by atoms with Gasteiger partial charge in [-0.1, -0.05) is 17.7 Å². The quantitative estimate of drug-likeness (QED) is 0.804. The Hall–Kier alpha value is -0.810. The van der Waals surface area contributed by atoms with Gasteiger partial charge < -0.3 is 5.73 Å². The van der Waals surface area contributed by atoms with Gasteiger partial charge in [0, 0.05) is 5.69 Å². The lowest BCUT2D eigenvalue weighted by Crippen LogP contribution is -2.39. The Morgan fingerprint density at radius 3 is 2.53 bits per heavy atom. The molecule has 1 unspecified atom stereocenters. The molecule has 2 N–H and O–H groups in total. The van der Waals surface area contributed by atoms with Gasteiger partial charge in [-0.3, -0.25) is 0 Å². The van der Waals surface area contributed by atoms with Crippen molar-refractivity contribution < 1.29 is 13.2 Å². The van der Waals surface area contributed by atoms with E-state index in [2.05, 4.69) is 4.98 Å². The van der Waals surface area contributed by atoms with Crippen molar-refractivity contribution in [2.24, 2.45) is 5.73 Å². The van der Waals surface area contributed by atoms with E-state index in [1.165, 1.54) is 6.07 Å². The number of rotatable bonds is 2. The van der Waals surface area contributed by atoms with Crippen molar-refractivity contribution in [1.82, 2.24) is 4.98 Å². The first kappa shape index (κ1) is 12.3. The van der Waals surface area contributed by atoms with Crippen LogP contribution in [0.2, 0.25) is 5.15 Å². The number of aromatic nitrogens is 1. The number of nitrogens with zero attached hydrogens (tertiary/aromatic N) is 1. The Morgan fingerprint density at radius 2 is 2.07 bits per heavy atom. The summed E-state index contributed by atoms with van der Waals surface area (Å²) >= 11 is 5.69. The van der Waals surface area contributed by atoms with E-state index in [1.54, 1.807) is 13.0 Å². The van der Waals surface area contributed by atoms with Crippen LogP contribution in [0, 0.1) is 6.92 Å². The summed E-state index contributed by atoms with van der Waals surface area (Å²) in [7, 11) is 0. The van der Waals surface area contributed by atoms with E-state index in [1.807, 2.05) is 0 Å². The SMILES string of the molecule is Cc1ccc(CC(N)C(F)(F)F)c(Cl)n1. The highest BCUT2D eigenvalue weighted by atomic mass is 35.5. The van der Waals surface area contributed by atoms with Crippen LogP contribution in [0.15, 0.2) is 12.1 Å². The number of pyridine rings is 1. The first-order valence-corrected chi connectivity index (χ1v) is 4.63. The molecule has 0 aliphatic rings. The average molecular weight is 239 g/mol. The Morgan fingerprint density at radius 1 is 1.47 bits per heavy atom. The predicted molar refractivity (Wildman–Crippen MR) is 51.7 cm³/mol. The second kappa shape index (κ2) is 4.37. The van der Waals surface area contributed by atoms with Gasteiger partial charge in [-0.2, -0.15) is 13.2 Å². The highest BCUT2D eigenvalue weighted by molar-refractivity contribution is 6.30. The minimum atomic E-state index is -4.41. The van der Waals surface area contributed by atoms with Gasteiger partial charge in [-0.15, -0.1) is 0 Å². The molecular formula is C9H10ClF3N2. The maximum atomic E-state index is 12.2. The molecule has 15 heavy (non-hydrogen) atoms. The minimum Gasteiger partial charge on any atom is -0.320 e. The molecule has 0 aliphatic heterocycles. The van der Waals surface area contributed by atoms with Crippen LogP contribution in [0.4, 0.5) is 13.2 Å². The molecule has 1 rings (SSSR count). The van der Waals surface area contributed by atoms with Gasteiger partial charge in [0.15, 0.2) is 0 Å². The normalized spacial score (nSPS) is 14.0. The number of alkyl halides is 3. The lowest BCUT2D eigenvalue weighted by molar-refractivity contribution is -0.147. The van der Waals surface area contributed by atoms with E-state index in [-0.39, 0.29) is 11.6 Å². The summed E-state index contributed by atoms with van der Waals surface area (Å²) in [6.07, 6.45) is -4.76. The van der Waals surface area contributed by atoms with E-state index < -0.39 is 12.2 Å². The fourth-order valence-corrected chi connectivity index (χ4v) is 1.33. The van der Waals surface area contributed by atoms with Crippen LogP contribution in [0.1, 0.15) is 11.3 Å². The molecule has 6 heteroatoms. The van der Waals surface area contributed by atoms with Gasteiger partial charge in [-0.05, 0) is 25.0 Å². The summed E-state index contributed by atoms with van der Waals surface area (Å²) in [5.41, 5.74) is 5.95. The standard InChI is InChI=1S/C9H10ClF3N2/c1-5-2-3-6(8(10)15-5)4-7(14)9(11,12)13/h2-3,7H,4,14H2,1H3. The number of hydrogen-bond acceptors (Lipinski definition) is 2. The third kappa shape index (κ3) is 3.35. The Kier molecular flexibility index (Phi) is 3.57. The maximum absolute atomic E-state index is 12.2. The van der Waals surface area contributed by atoms with Crippen LogP contribution in [0.25, 0.3) is 0 Å². The van der Waals surface area contributed by atoms with Crippen LogP contribution in [-0.2, 0) is 6.42 Å². The van der Waals surface area contributed by atoms with E-state index in [9.17, 15) is 13.2 Å². The molecule has 84 valence electrons. The third-order valence-corrected chi connectivity index (χ3v) is 2.25. The zero-order valence-corrected chi connectivity index (χ0v) is 8.73. The molecule has 1 heterocycles. The summed E-state index contributed by atoms with van der Waals surface area (Å²) in [5, 5.41) is 0.0784. The van der Waals surface area contributed by atoms with Crippen LogP contribution in [-0.4, -0.2) is 17.2 Å². The second-order valence-corrected chi connectivity index (χ2v) is 3.61. The van der Waals surface area contributed by atoms with Crippen LogP contribution < -0.4 is 5.73 Å². The molecule has 0 bridgehead atoms. The summed E-state index contributed by atoms with van der Waals surface area (Å²) in [6, 6.07) is 1.21. The third-order valence-electron chi connectivity index (χ3n) is 1.93. The molecular weight excluding hydrogens is 229 g/mol. The molecule has 0 saturated carbocycles. The largest absolute Gasteiger partial charge is 0.403 e. The van der Waals surface area contributed by atoms with Crippen molar-refractivity contribution in [1.29, 1.82) is 0 Å². The minimum absolute atomic E-state index is 0.0784. The van der Waals surface area contributed by atoms with Crippen molar-refractivity contribution in [3.05, 3.63) is 28.5 Å². The molecule has 2 nitrogen and oxygen atoms in total. The van der Waals surface area contributed by atoms with E-state index >= 15 is 0 Å². The van der Waals surface area contributed by atoms with Crippen LogP contribution >= 0.6 is 11.6 Å². The van der Waals surface area contributed by atoms with Gasteiger partial charge in [0.05, 0.1) is 0 Å². The Bertz CT molecular complexity index is 352. The fraction of sp³-hybridized carbons (Fsp3) is 0.444. The van der Waals surface area contributed by atoms with Gasteiger partial charge >= 0.3 is 6.18 Å². The zero-order valence-electron chi connectivity index (χ0n) is 7.98. The van der Waals surface area contributed by atoms with Crippen molar-refractivity contribution in [2.75, 3.05) is 0 Å². The lowest BCUT2D eigenvalue weighted by atomic mass is 10.1. The van der Waals surface area contributed by atoms with Gasteiger partial charge in [-0.25, -0.2) is 4.98 Å². The Balaban J connectivity index is 2.82. The molecule has 1 aromatic rings. The molecule has 0 amide bonds. The average Bonchev–Trinajstić information content (AvgIpc) is 2.08. The van der Waals surface area contributed by atoms with Crippen molar-refractivity contribution >= 4 is 11.6 Å². The van der Waals surface area contributed by atoms with Gasteiger partial charge in [0.1, 0.15) is 11.2 Å². The van der Waals surface area contributed by atoms with Crippen molar-refractivity contribution in [2.45, 2.75) is 25.6 Å². The molecule has 1 aromatic heterocycles. The summed E-state index contributed by atoms with van der Waals surface area (Å²) in [5.74, 6) is 0. The second-order valence-electron chi connectivity index (χ2n) is 3.25. The topological polar surface area (TPSA) is 38.9 Å². The van der Waals surface area contributed by atoms with Crippen molar-refractivity contribution in [3.8, 4) is 0 Å². The first-order valence-electron chi connectivity index (χ1n) is 4.25. The summed E-state index contributed by atoms with van der Waals surface area (Å²) < 4.78 is 36.5. The maximum Gasteiger partial charge on any atom is 0.403 e. The highest BCUT2D eigenvalue weighted by Crippen LogP contribution is 2.23. The molecule has 0 radical (unpaired) electrons. The molecule has 0 aromatic carbocycles. The monoisotopic (exact) mass is 238 g/mol. The smallest absolute Gasteiger partial charge is 0.320 e. The van der Waals surface area contributed by atoms with Crippen molar-refractivity contribution in [3.63, 3.8) is 0 Å². The van der Waals surface area contributed by atoms with E-state index in [4.69, 9.17) is 17.3 Å². The molecule has 0 saturated heterocycles. The zero-order chi connectivity index (χ0) is 11.6. The van der Waals surface area contributed by atoms with Gasteiger partial charge in [0.2, 0.25) is 0 Å².